The summed E-state index contributed by atoms with van der Waals surface area (Å²) in [5.41, 5.74) is 0. The second-order valence-corrected chi connectivity index (χ2v) is 22.8. The Balaban J connectivity index is 3.40. The van der Waals surface area contributed by atoms with Crippen molar-refractivity contribution in [2.24, 2.45) is 0 Å². The van der Waals surface area contributed by atoms with Gasteiger partial charge in [-0.05, 0) is 57.8 Å². The molecule has 432 valence electrons. The van der Waals surface area contributed by atoms with E-state index >= 15 is 0 Å². The van der Waals surface area contributed by atoms with Crippen LogP contribution < -0.4 is 5.32 Å². The molecule has 73 heavy (non-hydrogen) atoms. The highest BCUT2D eigenvalue weighted by Crippen LogP contribution is 2.18. The molecule has 0 spiro atoms. The summed E-state index contributed by atoms with van der Waals surface area (Å²) in [4.78, 5) is 24.6. The lowest BCUT2D eigenvalue weighted by Gasteiger charge is -2.22. The van der Waals surface area contributed by atoms with Crippen LogP contribution in [0.25, 0.3) is 0 Å². The molecule has 6 nitrogen and oxygen atoms in total. The van der Waals surface area contributed by atoms with Crippen LogP contribution in [0.15, 0.2) is 24.3 Å². The van der Waals surface area contributed by atoms with Crippen LogP contribution in [-0.4, -0.2) is 47.4 Å². The first-order valence-electron chi connectivity index (χ1n) is 33.1. The molecule has 0 bridgehead atoms. The van der Waals surface area contributed by atoms with E-state index in [1.54, 1.807) is 0 Å². The first-order valence-corrected chi connectivity index (χ1v) is 33.1. The predicted octanol–water partition coefficient (Wildman–Crippen LogP) is 21.0. The summed E-state index contributed by atoms with van der Waals surface area (Å²) in [5, 5.41) is 23.4. The van der Waals surface area contributed by atoms with Crippen molar-refractivity contribution in [2.75, 3.05) is 13.2 Å². The minimum Gasteiger partial charge on any atom is -0.466 e. The average Bonchev–Trinajstić information content (AvgIpc) is 3.39. The Labute approximate surface area is 456 Å². The maximum Gasteiger partial charge on any atom is 0.305 e. The molecule has 0 fully saturated rings. The van der Waals surface area contributed by atoms with E-state index in [0.29, 0.717) is 25.9 Å². The van der Waals surface area contributed by atoms with Gasteiger partial charge >= 0.3 is 5.97 Å². The summed E-state index contributed by atoms with van der Waals surface area (Å²) >= 11 is 0. The van der Waals surface area contributed by atoms with Crippen LogP contribution in [0, 0.1) is 0 Å². The van der Waals surface area contributed by atoms with E-state index in [9.17, 15) is 19.8 Å². The molecule has 0 radical (unpaired) electrons. The standard InChI is InChI=1S/C67H129NO5/c1-3-5-7-9-11-13-15-17-19-21-22-25-28-31-35-39-43-47-51-55-59-65(70)64(63-69)68-66(71)60-56-52-48-44-40-36-32-29-26-23-24-27-30-34-38-42-46-50-54-58-62-73-67(72)61-57-53-49-45-41-37-33-20-18-16-14-12-10-8-6-4-2/h14,16,20,33,64-65,69-70H,3-13,15,17-19,21-32,34-63H2,1-2H3,(H,68,71)/b16-14-,33-20-. The molecule has 0 aliphatic heterocycles. The van der Waals surface area contributed by atoms with Gasteiger partial charge in [0.1, 0.15) is 0 Å². The number of esters is 1. The smallest absolute Gasteiger partial charge is 0.305 e. The Morgan fingerprint density at radius 2 is 0.685 bits per heavy atom. The van der Waals surface area contributed by atoms with Gasteiger partial charge in [0.2, 0.25) is 5.91 Å². The third kappa shape index (κ3) is 59.4. The number of aliphatic hydroxyl groups excluding tert-OH is 2. The van der Waals surface area contributed by atoms with Crippen molar-refractivity contribution in [3.05, 3.63) is 24.3 Å². The van der Waals surface area contributed by atoms with Crippen molar-refractivity contribution in [3.8, 4) is 0 Å². The van der Waals surface area contributed by atoms with E-state index in [2.05, 4.69) is 43.5 Å². The van der Waals surface area contributed by atoms with Gasteiger partial charge in [0.25, 0.3) is 0 Å². The number of aliphatic hydroxyl groups is 2. The van der Waals surface area contributed by atoms with E-state index in [0.717, 1.165) is 51.4 Å². The van der Waals surface area contributed by atoms with Crippen molar-refractivity contribution in [1.82, 2.24) is 5.32 Å². The number of nitrogens with one attached hydrogen (secondary N) is 1. The molecule has 2 atom stereocenters. The first-order chi connectivity index (χ1) is 36.0. The highest BCUT2D eigenvalue weighted by atomic mass is 16.5. The Morgan fingerprint density at radius 3 is 1.05 bits per heavy atom. The van der Waals surface area contributed by atoms with Crippen LogP contribution in [0.2, 0.25) is 0 Å². The molecule has 1 amide bonds. The molecule has 0 saturated carbocycles. The Morgan fingerprint density at radius 1 is 0.384 bits per heavy atom. The molecule has 3 N–H and O–H groups in total. The number of allylic oxidation sites excluding steroid dienone is 4. The maximum absolute atomic E-state index is 12.5. The van der Waals surface area contributed by atoms with Gasteiger partial charge in [0.15, 0.2) is 0 Å². The largest absolute Gasteiger partial charge is 0.466 e. The van der Waals surface area contributed by atoms with Crippen molar-refractivity contribution in [2.45, 2.75) is 379 Å². The van der Waals surface area contributed by atoms with Crippen LogP contribution in [0.1, 0.15) is 367 Å². The van der Waals surface area contributed by atoms with Crippen molar-refractivity contribution >= 4 is 11.9 Å². The zero-order valence-corrected chi connectivity index (χ0v) is 49.4. The molecule has 6 heteroatoms. The Bertz CT molecular complexity index is 1140. The second kappa shape index (κ2) is 62.9. The number of rotatable bonds is 62. The van der Waals surface area contributed by atoms with Gasteiger partial charge in [-0.2, -0.15) is 0 Å². The van der Waals surface area contributed by atoms with E-state index in [1.807, 2.05) is 0 Å². The maximum atomic E-state index is 12.5. The second-order valence-electron chi connectivity index (χ2n) is 22.8. The van der Waals surface area contributed by atoms with E-state index in [4.69, 9.17) is 4.74 Å². The number of unbranched alkanes of at least 4 members (excludes halogenated alkanes) is 47. The fourth-order valence-electron chi connectivity index (χ4n) is 10.4. The van der Waals surface area contributed by atoms with Gasteiger partial charge in [0, 0.05) is 12.8 Å². The minimum atomic E-state index is -0.667. The van der Waals surface area contributed by atoms with Crippen molar-refractivity contribution in [1.29, 1.82) is 0 Å². The fourth-order valence-corrected chi connectivity index (χ4v) is 10.4. The number of hydrogen-bond acceptors (Lipinski definition) is 5. The highest BCUT2D eigenvalue weighted by Gasteiger charge is 2.20. The van der Waals surface area contributed by atoms with Gasteiger partial charge in [-0.3, -0.25) is 9.59 Å². The highest BCUT2D eigenvalue weighted by molar-refractivity contribution is 5.76. The Kier molecular flexibility index (Phi) is 61.4. The van der Waals surface area contributed by atoms with Crippen LogP contribution in [0.3, 0.4) is 0 Å². The van der Waals surface area contributed by atoms with Crippen LogP contribution in [0.5, 0.6) is 0 Å². The molecular formula is C67H129NO5. The topological polar surface area (TPSA) is 95.9 Å². The number of carbonyl (C=O) groups is 2. The summed E-state index contributed by atoms with van der Waals surface area (Å²) in [6.45, 7) is 4.96. The summed E-state index contributed by atoms with van der Waals surface area (Å²) in [5.74, 6) is -0.0354. The zero-order valence-electron chi connectivity index (χ0n) is 49.4. The van der Waals surface area contributed by atoms with E-state index < -0.39 is 12.1 Å². The van der Waals surface area contributed by atoms with Gasteiger partial charge in [0.05, 0.1) is 25.4 Å². The normalized spacial score (nSPS) is 12.7. The number of amides is 1. The third-order valence-corrected chi connectivity index (χ3v) is 15.5. The lowest BCUT2D eigenvalue weighted by atomic mass is 10.0. The summed E-state index contributed by atoms with van der Waals surface area (Å²) < 4.78 is 5.48. The number of ether oxygens (including phenoxy) is 1. The summed E-state index contributed by atoms with van der Waals surface area (Å²) in [6.07, 6.45) is 77.6. The molecule has 2 unspecified atom stereocenters. The van der Waals surface area contributed by atoms with E-state index in [-0.39, 0.29) is 18.5 Å². The van der Waals surface area contributed by atoms with Crippen LogP contribution in [0.4, 0.5) is 0 Å². The first kappa shape index (κ1) is 71.3. The summed E-state index contributed by atoms with van der Waals surface area (Å²) in [7, 11) is 0. The SMILES string of the molecule is CCCCCC/C=C\C/C=C\CCCCCCCC(=O)OCCCCCCCCCCCCCCCCCCCCCCC(=O)NC(CO)C(O)CCCCCCCCCCCCCCCCCCCCCC. The molecule has 0 heterocycles. The zero-order chi connectivity index (χ0) is 52.9. The molecule has 0 aromatic rings. The fraction of sp³-hybridized carbons (Fsp3) is 0.910. The van der Waals surface area contributed by atoms with Gasteiger partial charge in [-0.25, -0.2) is 0 Å². The quantitative estimate of drug-likeness (QED) is 0.0320. The van der Waals surface area contributed by atoms with Crippen LogP contribution >= 0.6 is 0 Å². The molecular weight excluding hydrogens is 899 g/mol. The molecule has 0 rings (SSSR count). The molecule has 0 aromatic carbocycles. The van der Waals surface area contributed by atoms with Gasteiger partial charge in [-0.1, -0.05) is 321 Å². The van der Waals surface area contributed by atoms with Gasteiger partial charge < -0.3 is 20.3 Å². The van der Waals surface area contributed by atoms with Crippen molar-refractivity contribution in [3.63, 3.8) is 0 Å². The predicted molar refractivity (Wildman–Crippen MR) is 320 cm³/mol. The summed E-state index contributed by atoms with van der Waals surface area (Å²) in [6, 6.07) is -0.544. The van der Waals surface area contributed by atoms with Crippen molar-refractivity contribution < 1.29 is 24.5 Å². The minimum absolute atomic E-state index is 0.00201. The Hall–Kier alpha value is -1.66. The van der Waals surface area contributed by atoms with E-state index in [1.165, 1.54) is 283 Å². The number of carbonyl (C=O) groups excluding carboxylic acids is 2. The number of hydrogen-bond donors (Lipinski definition) is 3. The lowest BCUT2D eigenvalue weighted by molar-refractivity contribution is -0.143. The molecule has 0 saturated heterocycles. The molecule has 0 aliphatic rings. The lowest BCUT2D eigenvalue weighted by Crippen LogP contribution is -2.45. The molecule has 0 aromatic heterocycles. The van der Waals surface area contributed by atoms with Crippen LogP contribution in [-0.2, 0) is 14.3 Å². The third-order valence-electron chi connectivity index (χ3n) is 15.5. The molecule has 0 aliphatic carbocycles. The monoisotopic (exact) mass is 1030 g/mol. The van der Waals surface area contributed by atoms with Gasteiger partial charge in [-0.15, -0.1) is 0 Å². The average molecular weight is 1030 g/mol.